The van der Waals surface area contributed by atoms with Crippen molar-refractivity contribution in [1.82, 2.24) is 5.17 Å². The second kappa shape index (κ2) is 13.8. The Morgan fingerprint density at radius 2 is 1.74 bits per heavy atom. The summed E-state index contributed by atoms with van der Waals surface area (Å²) in [5.41, 5.74) is 4.68. The van der Waals surface area contributed by atoms with E-state index in [2.05, 4.69) is 29.2 Å². The van der Waals surface area contributed by atoms with Crippen LogP contribution in [0.4, 0.5) is 11.4 Å². The summed E-state index contributed by atoms with van der Waals surface area (Å²) in [5.74, 6) is 4.78. The molecule has 0 saturated heterocycles. The number of anilines is 2. The van der Waals surface area contributed by atoms with Crippen molar-refractivity contribution in [3.8, 4) is 11.8 Å². The van der Waals surface area contributed by atoms with Crippen molar-refractivity contribution in [1.29, 1.82) is 0 Å². The quantitative estimate of drug-likeness (QED) is 0.226. The third kappa shape index (κ3) is 6.61. The number of ether oxygens (including phenoxy) is 1. The number of esters is 1. The predicted molar refractivity (Wildman–Crippen MR) is 164 cm³/mol. The maximum Gasteiger partial charge on any atom is 0.339 e. The van der Waals surface area contributed by atoms with Gasteiger partial charge in [-0.15, -0.1) is 0 Å². The van der Waals surface area contributed by atoms with Crippen LogP contribution in [0.25, 0.3) is 0 Å². The van der Waals surface area contributed by atoms with Crippen LogP contribution in [-0.2, 0) is 9.53 Å². The van der Waals surface area contributed by atoms with Crippen LogP contribution in [0.3, 0.4) is 0 Å². The van der Waals surface area contributed by atoms with Crippen LogP contribution in [0, 0.1) is 30.9 Å². The molecular formula is C33H35N4O5-. The third-order valence-electron chi connectivity index (χ3n) is 7.23. The van der Waals surface area contributed by atoms with Crippen LogP contribution >= 0.6 is 0 Å². The molecule has 42 heavy (non-hydrogen) atoms. The number of hydrazone groups is 1. The van der Waals surface area contributed by atoms with Gasteiger partial charge in [0.2, 0.25) is 5.91 Å². The second-order valence-corrected chi connectivity index (χ2v) is 10.1. The molecule has 2 aliphatic heterocycles. The highest BCUT2D eigenvalue weighted by molar-refractivity contribution is 6.12. The predicted octanol–water partition coefficient (Wildman–Crippen LogP) is 6.34. The summed E-state index contributed by atoms with van der Waals surface area (Å²) in [6.45, 7) is 5.82. The van der Waals surface area contributed by atoms with Crippen molar-refractivity contribution in [2.75, 3.05) is 17.3 Å². The number of rotatable bonds is 8. The fourth-order valence-electron chi connectivity index (χ4n) is 5.09. The Kier molecular flexibility index (Phi) is 9.94. The number of nitrogens with one attached hydrogen (secondary N) is 1. The van der Waals surface area contributed by atoms with E-state index in [9.17, 15) is 19.6 Å². The fraction of sp³-hybridized carbons (Fsp3) is 0.333. The van der Waals surface area contributed by atoms with Crippen LogP contribution in [0.2, 0.25) is 0 Å². The maximum absolute atomic E-state index is 14.0. The SMILES string of the molecule is CCCCCC#Cc1c(C(=O)Nc2ccc(C3=NN([O-])C(=O)CC3)cc2)c(C)c(N2C=CCC=C2)c(C)c1C(=O)OC. The Hall–Kier alpha value is -4.68. The number of carbonyl (C=O) groups excluding carboxylic acids is 3. The van der Waals surface area contributed by atoms with Gasteiger partial charge in [0, 0.05) is 37.3 Å². The average molecular weight is 568 g/mol. The summed E-state index contributed by atoms with van der Waals surface area (Å²) < 4.78 is 5.17. The number of nitrogens with zero attached hydrogens (tertiary/aromatic N) is 3. The lowest BCUT2D eigenvalue weighted by molar-refractivity contribution is -0.129. The average Bonchev–Trinajstić information content (AvgIpc) is 2.99. The van der Waals surface area contributed by atoms with E-state index in [1.807, 2.05) is 43.3 Å². The number of unbranched alkanes of at least 4 members (excludes halogenated alkanes) is 3. The summed E-state index contributed by atoms with van der Waals surface area (Å²) in [7, 11) is 1.32. The van der Waals surface area contributed by atoms with Crippen molar-refractivity contribution in [3.05, 3.63) is 87.4 Å². The Morgan fingerprint density at radius 3 is 2.38 bits per heavy atom. The number of hydrogen-bond donors (Lipinski definition) is 1. The number of amides is 2. The maximum atomic E-state index is 14.0. The molecule has 2 aliphatic rings. The molecular weight excluding hydrogens is 532 g/mol. The molecule has 0 saturated carbocycles. The molecule has 0 atom stereocenters. The number of hydrogen-bond acceptors (Lipinski definition) is 7. The lowest BCUT2D eigenvalue weighted by Crippen LogP contribution is -2.27. The molecule has 2 amide bonds. The van der Waals surface area contributed by atoms with E-state index in [0.29, 0.717) is 57.7 Å². The topological polar surface area (TPSA) is 114 Å². The van der Waals surface area contributed by atoms with Gasteiger partial charge in [0.25, 0.3) is 5.91 Å². The Morgan fingerprint density at radius 1 is 1.05 bits per heavy atom. The highest BCUT2D eigenvalue weighted by Crippen LogP contribution is 2.36. The molecule has 2 heterocycles. The molecule has 0 unspecified atom stereocenters. The molecule has 2 aromatic carbocycles. The minimum atomic E-state index is -0.568. The van der Waals surface area contributed by atoms with Gasteiger partial charge in [0.15, 0.2) is 0 Å². The molecule has 0 radical (unpaired) electrons. The van der Waals surface area contributed by atoms with Crippen molar-refractivity contribution < 1.29 is 19.1 Å². The van der Waals surface area contributed by atoms with E-state index in [1.165, 1.54) is 7.11 Å². The van der Waals surface area contributed by atoms with E-state index in [-0.39, 0.29) is 17.2 Å². The van der Waals surface area contributed by atoms with Crippen molar-refractivity contribution in [2.24, 2.45) is 5.10 Å². The van der Waals surface area contributed by atoms with Gasteiger partial charge < -0.3 is 25.3 Å². The highest BCUT2D eigenvalue weighted by Gasteiger charge is 2.29. The van der Waals surface area contributed by atoms with Crippen molar-refractivity contribution in [2.45, 2.75) is 65.7 Å². The van der Waals surface area contributed by atoms with Gasteiger partial charge >= 0.3 is 5.97 Å². The standard InChI is InChI=1S/C33H35N4O5/c1-5-6-7-8-10-13-26-29(22(2)31(36-20-11-9-12-21-36)23(3)30(26)33(40)42-4)32(39)34-25-16-14-24(15-17-25)27-18-19-28(38)37(41)35-27/h11-12,14-17,20-21H,5-9,18-19H2,1-4H3,(H,34,39)/q-1. The van der Waals surface area contributed by atoms with Crippen molar-refractivity contribution >= 4 is 34.9 Å². The van der Waals surface area contributed by atoms with Crippen LogP contribution in [0.1, 0.15) is 94.8 Å². The molecule has 4 rings (SSSR count). The van der Waals surface area contributed by atoms with Gasteiger partial charge in [0.05, 0.1) is 35.2 Å². The van der Waals surface area contributed by atoms with Gasteiger partial charge in [-0.2, -0.15) is 5.10 Å². The van der Waals surface area contributed by atoms with Crippen LogP contribution in [0.5, 0.6) is 0 Å². The third-order valence-corrected chi connectivity index (χ3v) is 7.23. The first-order valence-corrected chi connectivity index (χ1v) is 14.1. The molecule has 2 aromatic rings. The van der Waals surface area contributed by atoms with Gasteiger partial charge in [-0.3, -0.25) is 9.59 Å². The molecule has 9 heteroatoms. The van der Waals surface area contributed by atoms with E-state index >= 15 is 0 Å². The minimum absolute atomic E-state index is 0.0992. The molecule has 9 nitrogen and oxygen atoms in total. The summed E-state index contributed by atoms with van der Waals surface area (Å²) >= 11 is 0. The molecule has 0 bridgehead atoms. The lowest BCUT2D eigenvalue weighted by atomic mass is 9.89. The van der Waals surface area contributed by atoms with Crippen LogP contribution < -0.4 is 10.2 Å². The van der Waals surface area contributed by atoms with Crippen molar-refractivity contribution in [3.63, 3.8) is 0 Å². The van der Waals surface area contributed by atoms with E-state index < -0.39 is 17.8 Å². The molecule has 0 aromatic heterocycles. The first kappa shape index (κ1) is 30.3. The summed E-state index contributed by atoms with van der Waals surface area (Å²) in [5, 5.41) is 18.6. The van der Waals surface area contributed by atoms with E-state index in [4.69, 9.17) is 4.74 Å². The van der Waals surface area contributed by atoms with Crippen LogP contribution in [0.15, 0.2) is 53.9 Å². The Balaban J connectivity index is 1.77. The Labute approximate surface area is 246 Å². The first-order chi connectivity index (χ1) is 20.3. The van der Waals surface area contributed by atoms with Gasteiger partial charge in [-0.05, 0) is 55.5 Å². The molecule has 1 N–H and O–H groups in total. The molecule has 0 spiro atoms. The zero-order valence-electron chi connectivity index (χ0n) is 24.5. The summed E-state index contributed by atoms with van der Waals surface area (Å²) in [4.78, 5) is 40.5. The van der Waals surface area contributed by atoms with E-state index in [1.54, 1.807) is 24.3 Å². The van der Waals surface area contributed by atoms with E-state index in [0.717, 1.165) is 25.7 Å². The molecule has 0 fully saturated rings. The van der Waals surface area contributed by atoms with Gasteiger partial charge in [-0.25, -0.2) is 4.79 Å². The second-order valence-electron chi connectivity index (χ2n) is 10.1. The summed E-state index contributed by atoms with van der Waals surface area (Å²) in [6, 6.07) is 6.89. The number of carbonyl (C=O) groups is 3. The minimum Gasteiger partial charge on any atom is -0.735 e. The summed E-state index contributed by atoms with van der Waals surface area (Å²) in [6.07, 6.45) is 12.8. The fourth-order valence-corrected chi connectivity index (χ4v) is 5.09. The number of benzene rings is 2. The monoisotopic (exact) mass is 567 g/mol. The number of methoxy groups -OCH3 is 1. The zero-order valence-corrected chi connectivity index (χ0v) is 24.5. The Bertz CT molecular complexity index is 1510. The van der Waals surface area contributed by atoms with Gasteiger partial charge in [-0.1, -0.05) is 55.9 Å². The smallest absolute Gasteiger partial charge is 0.339 e. The van der Waals surface area contributed by atoms with Crippen LogP contribution in [-0.4, -0.2) is 35.8 Å². The van der Waals surface area contributed by atoms with Gasteiger partial charge in [0.1, 0.15) is 0 Å². The lowest BCUT2D eigenvalue weighted by Gasteiger charge is -2.27. The molecule has 0 aliphatic carbocycles. The number of allylic oxidation sites excluding steroid dienone is 2. The zero-order chi connectivity index (χ0) is 30.2. The largest absolute Gasteiger partial charge is 0.735 e. The first-order valence-electron chi connectivity index (χ1n) is 14.1. The number of hydroxylamine groups is 1. The normalized spacial score (nSPS) is 14.3. The molecule has 218 valence electrons. The highest BCUT2D eigenvalue weighted by atomic mass is 16.5.